The molecule has 4 rings (SSSR count). The van der Waals surface area contributed by atoms with E-state index in [0.29, 0.717) is 37.1 Å². The number of carbonyl (C=O) groups is 1. The zero-order chi connectivity index (χ0) is 20.8. The smallest absolute Gasteiger partial charge is 0.220 e. The maximum absolute atomic E-state index is 12.3. The van der Waals surface area contributed by atoms with Crippen LogP contribution < -0.4 is 14.8 Å². The summed E-state index contributed by atoms with van der Waals surface area (Å²) >= 11 is 6.16. The molecular weight excluding hydrogens is 400 g/mol. The Morgan fingerprint density at radius 1 is 1.13 bits per heavy atom. The maximum Gasteiger partial charge on any atom is 0.220 e. The summed E-state index contributed by atoms with van der Waals surface area (Å²) in [7, 11) is 0. The lowest BCUT2D eigenvalue weighted by Crippen LogP contribution is -2.35. The van der Waals surface area contributed by atoms with Crippen LogP contribution in [0.25, 0.3) is 0 Å². The van der Waals surface area contributed by atoms with Gasteiger partial charge in [0.2, 0.25) is 5.91 Å². The Hall–Kier alpha value is -2.24. The van der Waals surface area contributed by atoms with Gasteiger partial charge in [-0.15, -0.1) is 0 Å². The lowest BCUT2D eigenvalue weighted by atomic mass is 9.93. The van der Waals surface area contributed by atoms with E-state index in [2.05, 4.69) is 22.3 Å². The van der Waals surface area contributed by atoms with Crippen molar-refractivity contribution in [2.24, 2.45) is 5.92 Å². The number of ether oxygens (including phenoxy) is 2. The van der Waals surface area contributed by atoms with Crippen molar-refractivity contribution in [3.8, 4) is 11.5 Å². The van der Waals surface area contributed by atoms with Crippen molar-refractivity contribution in [3.63, 3.8) is 0 Å². The van der Waals surface area contributed by atoms with E-state index >= 15 is 0 Å². The van der Waals surface area contributed by atoms with Crippen molar-refractivity contribution >= 4 is 17.5 Å². The summed E-state index contributed by atoms with van der Waals surface area (Å²) in [5, 5.41) is 3.69. The number of rotatable bonds is 7. The van der Waals surface area contributed by atoms with Crippen molar-refractivity contribution < 1.29 is 14.3 Å². The van der Waals surface area contributed by atoms with Gasteiger partial charge in [-0.1, -0.05) is 35.9 Å². The Morgan fingerprint density at radius 2 is 1.97 bits per heavy atom. The molecule has 5 nitrogen and oxygen atoms in total. The van der Waals surface area contributed by atoms with E-state index in [9.17, 15) is 4.79 Å². The van der Waals surface area contributed by atoms with E-state index in [0.717, 1.165) is 43.1 Å². The minimum atomic E-state index is 0.0962. The van der Waals surface area contributed by atoms with Crippen molar-refractivity contribution in [3.05, 3.63) is 58.6 Å². The first kappa shape index (κ1) is 21.0. The molecule has 1 fully saturated rings. The average Bonchev–Trinajstić information content (AvgIpc) is 2.77. The molecule has 2 aliphatic heterocycles. The van der Waals surface area contributed by atoms with Crippen LogP contribution >= 0.6 is 11.6 Å². The molecule has 160 valence electrons. The van der Waals surface area contributed by atoms with E-state index in [4.69, 9.17) is 21.1 Å². The molecular formula is C24H29ClN2O3. The van der Waals surface area contributed by atoms with Crippen molar-refractivity contribution in [2.75, 3.05) is 26.3 Å². The second-order valence-corrected chi connectivity index (χ2v) is 8.54. The van der Waals surface area contributed by atoms with Gasteiger partial charge in [0.1, 0.15) is 13.2 Å². The Bertz CT molecular complexity index is 873. The Labute approximate surface area is 183 Å². The summed E-state index contributed by atoms with van der Waals surface area (Å²) < 4.78 is 11.3. The number of hydrogen-bond acceptors (Lipinski definition) is 4. The molecule has 2 aliphatic rings. The van der Waals surface area contributed by atoms with Gasteiger partial charge in [-0.05, 0) is 61.1 Å². The highest BCUT2D eigenvalue weighted by Gasteiger charge is 2.21. The van der Waals surface area contributed by atoms with E-state index < -0.39 is 0 Å². The summed E-state index contributed by atoms with van der Waals surface area (Å²) in [4.78, 5) is 14.8. The van der Waals surface area contributed by atoms with Gasteiger partial charge in [-0.3, -0.25) is 9.69 Å². The van der Waals surface area contributed by atoms with E-state index in [1.807, 2.05) is 30.3 Å². The lowest BCUT2D eigenvalue weighted by molar-refractivity contribution is -0.121. The number of benzene rings is 2. The molecule has 1 N–H and O–H groups in total. The fraction of sp³-hybridized carbons (Fsp3) is 0.458. The van der Waals surface area contributed by atoms with Gasteiger partial charge in [0, 0.05) is 31.1 Å². The predicted molar refractivity (Wildman–Crippen MR) is 118 cm³/mol. The fourth-order valence-corrected chi connectivity index (χ4v) is 4.44. The molecule has 0 saturated carbocycles. The third-order valence-electron chi connectivity index (χ3n) is 5.83. The molecule has 0 bridgehead atoms. The van der Waals surface area contributed by atoms with Crippen LogP contribution in [0.15, 0.2) is 42.5 Å². The largest absolute Gasteiger partial charge is 0.486 e. The number of halogens is 1. The second kappa shape index (κ2) is 10.2. The van der Waals surface area contributed by atoms with Gasteiger partial charge >= 0.3 is 0 Å². The Kier molecular flexibility index (Phi) is 7.13. The molecule has 2 heterocycles. The third-order valence-corrected chi connectivity index (χ3v) is 6.20. The molecule has 1 atom stereocenters. The maximum atomic E-state index is 12.3. The highest BCUT2D eigenvalue weighted by Crippen LogP contribution is 2.31. The zero-order valence-electron chi connectivity index (χ0n) is 17.2. The Balaban J connectivity index is 1.22. The molecule has 1 amide bonds. The number of nitrogens with one attached hydrogen (secondary N) is 1. The molecule has 0 spiro atoms. The second-order valence-electron chi connectivity index (χ2n) is 8.13. The van der Waals surface area contributed by atoms with E-state index in [-0.39, 0.29) is 5.91 Å². The van der Waals surface area contributed by atoms with Gasteiger partial charge in [-0.25, -0.2) is 0 Å². The van der Waals surface area contributed by atoms with Crippen LogP contribution in [-0.4, -0.2) is 37.1 Å². The zero-order valence-corrected chi connectivity index (χ0v) is 18.0. The average molecular weight is 429 g/mol. The molecule has 1 unspecified atom stereocenters. The monoisotopic (exact) mass is 428 g/mol. The quantitative estimate of drug-likeness (QED) is 0.709. The number of piperidine rings is 1. The highest BCUT2D eigenvalue weighted by atomic mass is 35.5. The van der Waals surface area contributed by atoms with Gasteiger partial charge < -0.3 is 14.8 Å². The first-order valence-electron chi connectivity index (χ1n) is 10.8. The minimum Gasteiger partial charge on any atom is -0.486 e. The van der Waals surface area contributed by atoms with Crippen LogP contribution in [0.4, 0.5) is 0 Å². The number of hydrogen-bond donors (Lipinski definition) is 1. The summed E-state index contributed by atoms with van der Waals surface area (Å²) in [6.45, 7) is 4.76. The first-order chi connectivity index (χ1) is 14.7. The molecule has 1 saturated heterocycles. The van der Waals surface area contributed by atoms with Crippen molar-refractivity contribution in [2.45, 2.75) is 38.8 Å². The van der Waals surface area contributed by atoms with Gasteiger partial charge in [-0.2, -0.15) is 0 Å². The lowest BCUT2D eigenvalue weighted by Gasteiger charge is -2.33. The van der Waals surface area contributed by atoms with Crippen LogP contribution in [0.5, 0.6) is 11.5 Å². The number of nitrogens with zero attached hydrogens (tertiary/aromatic N) is 1. The fourth-order valence-electron chi connectivity index (χ4n) is 4.23. The number of likely N-dealkylation sites (tertiary alicyclic amines) is 1. The first-order valence-corrected chi connectivity index (χ1v) is 11.2. The van der Waals surface area contributed by atoms with Crippen LogP contribution in [0.1, 0.15) is 36.8 Å². The standard InChI is InChI=1S/C24H29ClN2O3/c25-21-6-2-1-5-20(21)15-26-24(28)10-8-18-4-3-11-27(16-18)17-19-7-9-22-23(14-19)30-13-12-29-22/h1-2,5-7,9,14,18H,3-4,8,10-13,15-17H2,(H,26,28). The van der Waals surface area contributed by atoms with Crippen LogP contribution in [-0.2, 0) is 17.9 Å². The third kappa shape index (κ3) is 5.67. The molecule has 0 radical (unpaired) electrons. The van der Waals surface area contributed by atoms with Gasteiger partial charge in [0.15, 0.2) is 11.5 Å². The molecule has 30 heavy (non-hydrogen) atoms. The molecule has 0 aromatic heterocycles. The normalized spacial score (nSPS) is 18.8. The van der Waals surface area contributed by atoms with Gasteiger partial charge in [0.25, 0.3) is 0 Å². The molecule has 2 aromatic carbocycles. The van der Waals surface area contributed by atoms with Crippen LogP contribution in [0.2, 0.25) is 5.02 Å². The molecule has 6 heteroatoms. The highest BCUT2D eigenvalue weighted by molar-refractivity contribution is 6.31. The summed E-state index contributed by atoms with van der Waals surface area (Å²) in [6.07, 6.45) is 3.85. The summed E-state index contributed by atoms with van der Waals surface area (Å²) in [5.41, 5.74) is 2.20. The topological polar surface area (TPSA) is 50.8 Å². The van der Waals surface area contributed by atoms with Crippen molar-refractivity contribution in [1.82, 2.24) is 10.2 Å². The SMILES string of the molecule is O=C(CCC1CCCN(Cc2ccc3c(c2)OCCO3)C1)NCc1ccccc1Cl. The molecule has 0 aliphatic carbocycles. The number of carbonyl (C=O) groups excluding carboxylic acids is 1. The van der Waals surface area contributed by atoms with Crippen LogP contribution in [0, 0.1) is 5.92 Å². The van der Waals surface area contributed by atoms with Gasteiger partial charge in [0.05, 0.1) is 0 Å². The van der Waals surface area contributed by atoms with E-state index in [1.54, 1.807) is 0 Å². The predicted octanol–water partition coefficient (Wildman–Crippen LogP) is 4.42. The van der Waals surface area contributed by atoms with E-state index in [1.165, 1.54) is 18.4 Å². The van der Waals surface area contributed by atoms with Crippen molar-refractivity contribution in [1.29, 1.82) is 0 Å². The summed E-state index contributed by atoms with van der Waals surface area (Å²) in [6, 6.07) is 13.9. The number of fused-ring (bicyclic) bond motifs is 1. The molecule has 2 aromatic rings. The van der Waals surface area contributed by atoms with Crippen LogP contribution in [0.3, 0.4) is 0 Å². The Morgan fingerprint density at radius 3 is 2.83 bits per heavy atom. The number of amides is 1. The minimum absolute atomic E-state index is 0.0962. The summed E-state index contributed by atoms with van der Waals surface area (Å²) in [5.74, 6) is 2.34.